The van der Waals surface area contributed by atoms with Crippen LogP contribution in [-0.4, -0.2) is 0 Å². The van der Waals surface area contributed by atoms with Crippen molar-refractivity contribution in [2.45, 2.75) is 26.7 Å². The summed E-state index contributed by atoms with van der Waals surface area (Å²) in [6.07, 6.45) is 5.33. The fourth-order valence-electron chi connectivity index (χ4n) is 1.55. The Morgan fingerprint density at radius 3 is 2.75 bits per heavy atom. The quantitative estimate of drug-likeness (QED) is 0.526. The van der Waals surface area contributed by atoms with Crippen LogP contribution in [0, 0.1) is 16.7 Å². The third-order valence-electron chi connectivity index (χ3n) is 1.92. The second-order valence-electron chi connectivity index (χ2n) is 3.96. The van der Waals surface area contributed by atoms with E-state index in [4.69, 9.17) is 16.9 Å². The second kappa shape index (κ2) is 3.33. The summed E-state index contributed by atoms with van der Waals surface area (Å²) in [5.41, 5.74) is 1.24. The minimum atomic E-state index is 0.203. The Kier molecular flexibility index (Phi) is 2.59. The van der Waals surface area contributed by atoms with Crippen LogP contribution in [0.25, 0.3) is 0 Å². The molecular weight excluding hydrogens is 170 g/mol. The molecule has 12 heavy (non-hydrogen) atoms. The molecule has 0 fully saturated rings. The van der Waals surface area contributed by atoms with Gasteiger partial charge in [0.1, 0.15) is 0 Å². The maximum absolute atomic E-state index is 8.48. The van der Waals surface area contributed by atoms with Gasteiger partial charge in [0.25, 0.3) is 0 Å². The van der Waals surface area contributed by atoms with Crippen LogP contribution < -0.4 is 0 Å². The fourth-order valence-corrected chi connectivity index (χ4v) is 2.05. The zero-order valence-electron chi connectivity index (χ0n) is 7.39. The molecule has 0 aromatic rings. The van der Waals surface area contributed by atoms with Crippen LogP contribution in [0.4, 0.5) is 0 Å². The van der Waals surface area contributed by atoms with Crippen LogP contribution >= 0.6 is 11.6 Å². The largest absolute Gasteiger partial charge is 0.193 e. The number of nitriles is 1. The Balaban J connectivity index is 2.90. The molecule has 0 unspecified atom stereocenters. The van der Waals surface area contributed by atoms with Crippen molar-refractivity contribution < 1.29 is 0 Å². The molecule has 0 N–H and O–H groups in total. The average molecular weight is 182 g/mol. The number of hydrogen-bond acceptors (Lipinski definition) is 1. The molecule has 0 aliphatic heterocycles. The SMILES string of the molecule is CC1(C)CC(Cl)=C/C(=C\C#N)C1. The van der Waals surface area contributed by atoms with E-state index >= 15 is 0 Å². The summed E-state index contributed by atoms with van der Waals surface area (Å²) in [6.45, 7) is 4.32. The van der Waals surface area contributed by atoms with Crippen molar-refractivity contribution in [3.05, 3.63) is 22.8 Å². The number of allylic oxidation sites excluding steroid dienone is 4. The third kappa shape index (κ3) is 2.39. The molecule has 0 amide bonds. The molecule has 1 nitrogen and oxygen atoms in total. The summed E-state index contributed by atoms with van der Waals surface area (Å²) < 4.78 is 0. The van der Waals surface area contributed by atoms with E-state index in [0.29, 0.717) is 0 Å². The van der Waals surface area contributed by atoms with Gasteiger partial charge in [-0.2, -0.15) is 5.26 Å². The maximum Gasteiger partial charge on any atom is 0.0914 e. The lowest BCUT2D eigenvalue weighted by Gasteiger charge is -2.28. The van der Waals surface area contributed by atoms with Gasteiger partial charge in [-0.05, 0) is 29.9 Å². The molecule has 1 aliphatic rings. The summed E-state index contributed by atoms with van der Waals surface area (Å²) in [4.78, 5) is 0. The lowest BCUT2D eigenvalue weighted by Crippen LogP contribution is -2.15. The molecule has 0 bridgehead atoms. The Morgan fingerprint density at radius 1 is 1.58 bits per heavy atom. The zero-order chi connectivity index (χ0) is 9.19. The van der Waals surface area contributed by atoms with Crippen LogP contribution in [0.15, 0.2) is 22.8 Å². The van der Waals surface area contributed by atoms with Crippen molar-refractivity contribution in [1.82, 2.24) is 0 Å². The lowest BCUT2D eigenvalue weighted by molar-refractivity contribution is 0.358. The number of halogens is 1. The first-order valence-electron chi connectivity index (χ1n) is 3.98. The minimum absolute atomic E-state index is 0.203. The minimum Gasteiger partial charge on any atom is -0.193 e. The standard InChI is InChI=1S/C10H12ClN/c1-10(2)6-8(3-4-12)5-9(11)7-10/h3,5H,6-7H2,1-2H3/b8-3+. The van der Waals surface area contributed by atoms with Crippen molar-refractivity contribution >= 4 is 11.6 Å². The first-order valence-corrected chi connectivity index (χ1v) is 4.36. The van der Waals surface area contributed by atoms with E-state index in [-0.39, 0.29) is 5.41 Å². The molecule has 1 rings (SSSR count). The molecule has 0 saturated heterocycles. The van der Waals surface area contributed by atoms with Gasteiger partial charge in [0.2, 0.25) is 0 Å². The van der Waals surface area contributed by atoms with E-state index in [0.717, 1.165) is 23.4 Å². The average Bonchev–Trinajstić information content (AvgIpc) is 1.82. The first kappa shape index (κ1) is 9.35. The van der Waals surface area contributed by atoms with Crippen LogP contribution in [0.1, 0.15) is 26.7 Å². The number of nitrogens with zero attached hydrogens (tertiary/aromatic N) is 1. The van der Waals surface area contributed by atoms with Crippen molar-refractivity contribution in [1.29, 1.82) is 5.26 Å². The van der Waals surface area contributed by atoms with E-state index in [1.807, 2.05) is 12.1 Å². The van der Waals surface area contributed by atoms with Gasteiger partial charge in [-0.1, -0.05) is 25.4 Å². The van der Waals surface area contributed by atoms with Crippen LogP contribution in [0.5, 0.6) is 0 Å². The molecule has 2 heteroatoms. The Bertz CT molecular complexity index is 279. The van der Waals surface area contributed by atoms with Gasteiger partial charge in [-0.3, -0.25) is 0 Å². The summed E-state index contributed by atoms with van der Waals surface area (Å²) in [7, 11) is 0. The smallest absolute Gasteiger partial charge is 0.0914 e. The molecule has 0 saturated carbocycles. The van der Waals surface area contributed by atoms with Gasteiger partial charge >= 0.3 is 0 Å². The van der Waals surface area contributed by atoms with Crippen LogP contribution in [-0.2, 0) is 0 Å². The summed E-state index contributed by atoms with van der Waals surface area (Å²) >= 11 is 5.94. The van der Waals surface area contributed by atoms with Gasteiger partial charge in [-0.25, -0.2) is 0 Å². The van der Waals surface area contributed by atoms with Crippen molar-refractivity contribution in [2.75, 3.05) is 0 Å². The topological polar surface area (TPSA) is 23.8 Å². The highest BCUT2D eigenvalue weighted by Gasteiger charge is 2.24. The third-order valence-corrected chi connectivity index (χ3v) is 2.16. The molecule has 0 spiro atoms. The Hall–Kier alpha value is -0.740. The summed E-state index contributed by atoms with van der Waals surface area (Å²) in [6, 6.07) is 2.03. The molecule has 0 heterocycles. The van der Waals surface area contributed by atoms with Gasteiger partial charge in [0, 0.05) is 11.1 Å². The van der Waals surface area contributed by atoms with Crippen molar-refractivity contribution in [2.24, 2.45) is 5.41 Å². The fraction of sp³-hybridized carbons (Fsp3) is 0.500. The van der Waals surface area contributed by atoms with Gasteiger partial charge in [0.05, 0.1) is 6.07 Å². The zero-order valence-corrected chi connectivity index (χ0v) is 8.15. The predicted octanol–water partition coefficient (Wildman–Crippen LogP) is 3.38. The van der Waals surface area contributed by atoms with Crippen LogP contribution in [0.2, 0.25) is 0 Å². The first-order chi connectivity index (χ1) is 5.53. The molecule has 0 aromatic carbocycles. The molecule has 0 aromatic heterocycles. The summed E-state index contributed by atoms with van der Waals surface area (Å²) in [5, 5.41) is 9.33. The Labute approximate surface area is 78.3 Å². The highest BCUT2D eigenvalue weighted by Crippen LogP contribution is 2.38. The van der Waals surface area contributed by atoms with Gasteiger partial charge in [0.15, 0.2) is 0 Å². The Morgan fingerprint density at radius 2 is 2.25 bits per heavy atom. The predicted molar refractivity (Wildman–Crippen MR) is 50.6 cm³/mol. The van der Waals surface area contributed by atoms with Crippen LogP contribution in [0.3, 0.4) is 0 Å². The maximum atomic E-state index is 8.48. The highest BCUT2D eigenvalue weighted by molar-refractivity contribution is 6.29. The number of hydrogen-bond donors (Lipinski definition) is 0. The van der Waals surface area contributed by atoms with Gasteiger partial charge < -0.3 is 0 Å². The van der Waals surface area contributed by atoms with E-state index in [1.165, 1.54) is 0 Å². The molecule has 0 radical (unpaired) electrons. The van der Waals surface area contributed by atoms with Crippen molar-refractivity contribution in [3.63, 3.8) is 0 Å². The lowest BCUT2D eigenvalue weighted by atomic mass is 9.78. The molecular formula is C10H12ClN. The van der Waals surface area contributed by atoms with E-state index in [2.05, 4.69) is 13.8 Å². The monoisotopic (exact) mass is 181 g/mol. The normalized spacial score (nSPS) is 24.8. The highest BCUT2D eigenvalue weighted by atomic mass is 35.5. The van der Waals surface area contributed by atoms with E-state index in [1.54, 1.807) is 6.08 Å². The molecule has 1 aliphatic carbocycles. The van der Waals surface area contributed by atoms with Gasteiger partial charge in [-0.15, -0.1) is 0 Å². The second-order valence-corrected chi connectivity index (χ2v) is 4.44. The van der Waals surface area contributed by atoms with E-state index < -0.39 is 0 Å². The number of rotatable bonds is 0. The van der Waals surface area contributed by atoms with E-state index in [9.17, 15) is 0 Å². The summed E-state index contributed by atoms with van der Waals surface area (Å²) in [5.74, 6) is 0. The van der Waals surface area contributed by atoms with Crippen molar-refractivity contribution in [3.8, 4) is 6.07 Å². The molecule has 64 valence electrons. The molecule has 0 atom stereocenters.